The maximum Gasteiger partial charge on any atom is 0.257 e. The summed E-state index contributed by atoms with van der Waals surface area (Å²) in [4.78, 5) is 31.8. The lowest BCUT2D eigenvalue weighted by atomic mass is 9.73. The number of nitrogens with one attached hydrogen (secondary N) is 2. The minimum absolute atomic E-state index is 0.00261. The smallest absolute Gasteiger partial charge is 0.257 e. The Morgan fingerprint density at radius 3 is 2.96 bits per heavy atom. The van der Waals surface area contributed by atoms with Gasteiger partial charge in [0.15, 0.2) is 0 Å². The van der Waals surface area contributed by atoms with Gasteiger partial charge in [-0.15, -0.1) is 0 Å². The van der Waals surface area contributed by atoms with Crippen molar-refractivity contribution in [2.75, 3.05) is 38.7 Å². The van der Waals surface area contributed by atoms with Crippen LogP contribution in [0.2, 0.25) is 0 Å². The zero-order chi connectivity index (χ0) is 18.0. The number of pyridine rings is 1. The van der Waals surface area contributed by atoms with Crippen LogP contribution in [0.15, 0.2) is 18.3 Å². The molecule has 0 bridgehead atoms. The Balaban J connectivity index is 1.86. The summed E-state index contributed by atoms with van der Waals surface area (Å²) in [5, 5.41) is 6.00. The molecule has 0 aromatic carbocycles. The van der Waals surface area contributed by atoms with E-state index in [1.807, 2.05) is 13.8 Å². The van der Waals surface area contributed by atoms with E-state index < -0.39 is 5.41 Å². The zero-order valence-electron chi connectivity index (χ0n) is 15.0. The Morgan fingerprint density at radius 2 is 2.24 bits per heavy atom. The van der Waals surface area contributed by atoms with E-state index in [2.05, 4.69) is 15.6 Å². The number of nitrogens with zero attached hydrogens (tertiary/aromatic N) is 2. The Labute approximate surface area is 148 Å². The number of anilines is 1. The van der Waals surface area contributed by atoms with Gasteiger partial charge in [-0.25, -0.2) is 4.98 Å². The predicted molar refractivity (Wildman–Crippen MR) is 94.3 cm³/mol. The highest BCUT2D eigenvalue weighted by molar-refractivity contribution is 5.99. The predicted octanol–water partition coefficient (Wildman–Crippen LogP) is 1.13. The minimum Gasteiger partial charge on any atom is -0.381 e. The lowest BCUT2D eigenvalue weighted by molar-refractivity contribution is -0.138. The van der Waals surface area contributed by atoms with Crippen LogP contribution >= 0.6 is 0 Å². The molecule has 2 aliphatic rings. The maximum atomic E-state index is 13.1. The van der Waals surface area contributed by atoms with Crippen LogP contribution < -0.4 is 10.6 Å². The number of amides is 2. The second kappa shape index (κ2) is 7.00. The lowest BCUT2D eigenvalue weighted by Gasteiger charge is -2.36. The van der Waals surface area contributed by atoms with E-state index in [9.17, 15) is 9.59 Å². The number of aromatic nitrogens is 1. The molecule has 25 heavy (non-hydrogen) atoms. The molecular formula is C18H26N4O3. The molecule has 0 aliphatic carbocycles. The fraction of sp³-hybridized carbons (Fsp3) is 0.611. The van der Waals surface area contributed by atoms with Crippen molar-refractivity contribution in [3.8, 4) is 0 Å². The number of carbonyl (C=O) groups excluding carboxylic acids is 2. The van der Waals surface area contributed by atoms with Crippen molar-refractivity contribution in [2.24, 2.45) is 11.3 Å². The molecule has 1 aromatic heterocycles. The molecular weight excluding hydrogens is 320 g/mol. The molecule has 2 N–H and O–H groups in total. The fourth-order valence-corrected chi connectivity index (χ4v) is 3.86. The lowest BCUT2D eigenvalue weighted by Crippen LogP contribution is -2.49. The molecule has 2 saturated heterocycles. The van der Waals surface area contributed by atoms with Crippen molar-refractivity contribution in [2.45, 2.75) is 26.3 Å². The van der Waals surface area contributed by atoms with Crippen molar-refractivity contribution < 1.29 is 14.3 Å². The van der Waals surface area contributed by atoms with Crippen LogP contribution in [0.5, 0.6) is 0 Å². The molecule has 7 nitrogen and oxygen atoms in total. The first-order valence-corrected chi connectivity index (χ1v) is 8.78. The monoisotopic (exact) mass is 346 g/mol. The summed E-state index contributed by atoms with van der Waals surface area (Å²) in [5.74, 6) is 0.530. The number of carbonyl (C=O) groups is 2. The summed E-state index contributed by atoms with van der Waals surface area (Å²) < 4.78 is 5.57. The summed E-state index contributed by atoms with van der Waals surface area (Å²) in [7, 11) is 1.65. The number of rotatable bonds is 4. The van der Waals surface area contributed by atoms with E-state index in [1.165, 1.54) is 0 Å². The SMILES string of the molecule is CNC(=O)[C@]12CCOC[C@H]1CN(C(=O)c1cccnc1NC(C)C)C2. The Morgan fingerprint density at radius 1 is 1.44 bits per heavy atom. The number of likely N-dealkylation sites (tertiary alicyclic amines) is 1. The molecule has 1 aromatic rings. The quantitative estimate of drug-likeness (QED) is 0.854. The molecule has 7 heteroatoms. The van der Waals surface area contributed by atoms with Crippen LogP contribution in [0.1, 0.15) is 30.6 Å². The van der Waals surface area contributed by atoms with Gasteiger partial charge in [-0.05, 0) is 32.4 Å². The molecule has 3 heterocycles. The van der Waals surface area contributed by atoms with Gasteiger partial charge in [0.1, 0.15) is 5.82 Å². The normalized spacial score (nSPS) is 25.6. The maximum absolute atomic E-state index is 13.1. The highest BCUT2D eigenvalue weighted by Crippen LogP contribution is 2.43. The third kappa shape index (κ3) is 3.20. The van der Waals surface area contributed by atoms with E-state index in [4.69, 9.17) is 4.74 Å². The van der Waals surface area contributed by atoms with E-state index >= 15 is 0 Å². The number of hydrogen-bond acceptors (Lipinski definition) is 5. The van der Waals surface area contributed by atoms with E-state index in [0.717, 1.165) is 0 Å². The van der Waals surface area contributed by atoms with Gasteiger partial charge in [-0.3, -0.25) is 9.59 Å². The average Bonchev–Trinajstić information content (AvgIpc) is 3.01. The molecule has 2 amide bonds. The summed E-state index contributed by atoms with van der Waals surface area (Å²) >= 11 is 0. The molecule has 0 saturated carbocycles. The summed E-state index contributed by atoms with van der Waals surface area (Å²) in [6.45, 7) is 6.04. The van der Waals surface area contributed by atoms with Crippen molar-refractivity contribution in [1.29, 1.82) is 0 Å². The molecule has 0 spiro atoms. The third-order valence-electron chi connectivity index (χ3n) is 5.14. The van der Waals surface area contributed by atoms with Crippen molar-refractivity contribution >= 4 is 17.6 Å². The highest BCUT2D eigenvalue weighted by atomic mass is 16.5. The Kier molecular flexibility index (Phi) is 4.94. The van der Waals surface area contributed by atoms with Crippen molar-refractivity contribution in [3.05, 3.63) is 23.9 Å². The van der Waals surface area contributed by atoms with Gasteiger partial charge in [0, 0.05) is 44.9 Å². The van der Waals surface area contributed by atoms with Crippen LogP contribution in [0, 0.1) is 11.3 Å². The van der Waals surface area contributed by atoms with Crippen LogP contribution in [-0.4, -0.2) is 61.1 Å². The van der Waals surface area contributed by atoms with E-state index in [-0.39, 0.29) is 23.8 Å². The second-order valence-electron chi connectivity index (χ2n) is 7.14. The number of ether oxygens (including phenoxy) is 1. The largest absolute Gasteiger partial charge is 0.381 e. The molecule has 2 fully saturated rings. The highest BCUT2D eigenvalue weighted by Gasteiger charge is 2.54. The fourth-order valence-electron chi connectivity index (χ4n) is 3.86. The third-order valence-corrected chi connectivity index (χ3v) is 5.14. The molecule has 0 radical (unpaired) electrons. The van der Waals surface area contributed by atoms with Gasteiger partial charge in [0.25, 0.3) is 5.91 Å². The van der Waals surface area contributed by atoms with Crippen LogP contribution in [0.3, 0.4) is 0 Å². The van der Waals surface area contributed by atoms with Crippen LogP contribution in [-0.2, 0) is 9.53 Å². The number of hydrogen-bond donors (Lipinski definition) is 2. The number of fused-ring (bicyclic) bond motifs is 1. The summed E-state index contributed by atoms with van der Waals surface area (Å²) in [6, 6.07) is 3.72. The molecule has 2 atom stereocenters. The topological polar surface area (TPSA) is 83.6 Å². The summed E-state index contributed by atoms with van der Waals surface area (Å²) in [6.07, 6.45) is 2.32. The van der Waals surface area contributed by atoms with E-state index in [1.54, 1.807) is 30.3 Å². The van der Waals surface area contributed by atoms with Gasteiger partial charge in [-0.2, -0.15) is 0 Å². The van der Waals surface area contributed by atoms with Crippen molar-refractivity contribution in [1.82, 2.24) is 15.2 Å². The van der Waals surface area contributed by atoms with Crippen LogP contribution in [0.4, 0.5) is 5.82 Å². The Hall–Kier alpha value is -2.15. The second-order valence-corrected chi connectivity index (χ2v) is 7.14. The zero-order valence-corrected chi connectivity index (χ0v) is 15.0. The van der Waals surface area contributed by atoms with Crippen LogP contribution in [0.25, 0.3) is 0 Å². The molecule has 3 rings (SSSR count). The van der Waals surface area contributed by atoms with Gasteiger partial charge in [-0.1, -0.05) is 0 Å². The minimum atomic E-state index is -0.545. The van der Waals surface area contributed by atoms with Gasteiger partial charge >= 0.3 is 0 Å². The summed E-state index contributed by atoms with van der Waals surface area (Å²) in [5.41, 5.74) is -0.000851. The van der Waals surface area contributed by atoms with Gasteiger partial charge in [0.05, 0.1) is 17.6 Å². The van der Waals surface area contributed by atoms with Crippen molar-refractivity contribution in [3.63, 3.8) is 0 Å². The standard InChI is InChI=1S/C18H26N4O3/c1-12(2)21-15-14(5-4-7-20-15)16(23)22-9-13-10-25-8-6-18(13,11-22)17(24)19-3/h4-5,7,12-13H,6,8-11H2,1-3H3,(H,19,24)(H,20,21)/t13-,18+/m1/s1. The first-order chi connectivity index (χ1) is 12.0. The first kappa shape index (κ1) is 17.7. The molecule has 0 unspecified atom stereocenters. The van der Waals surface area contributed by atoms with E-state index in [0.29, 0.717) is 44.1 Å². The Bertz CT molecular complexity index is 663. The van der Waals surface area contributed by atoms with Gasteiger partial charge in [0.2, 0.25) is 5.91 Å². The molecule has 2 aliphatic heterocycles. The van der Waals surface area contributed by atoms with Gasteiger partial charge < -0.3 is 20.3 Å². The first-order valence-electron chi connectivity index (χ1n) is 8.78. The average molecular weight is 346 g/mol. The molecule has 136 valence electrons.